The Kier molecular flexibility index (Phi) is 4.43. The molecular weight excluding hydrogens is 226 g/mol. The van der Waals surface area contributed by atoms with Crippen LogP contribution in [0.15, 0.2) is 18.2 Å². The minimum Gasteiger partial charge on any atom is -0.338 e. The van der Waals surface area contributed by atoms with E-state index in [2.05, 4.69) is 5.32 Å². The molecule has 1 atom stereocenters. The monoisotopic (exact) mass is 242 g/mol. The molecule has 0 radical (unpaired) electrons. The van der Waals surface area contributed by atoms with Gasteiger partial charge in [0.05, 0.1) is 6.04 Å². The van der Waals surface area contributed by atoms with Crippen LogP contribution in [0, 0.1) is 11.6 Å². The molecule has 2 amide bonds. The van der Waals surface area contributed by atoms with Crippen LogP contribution in [-0.4, -0.2) is 24.5 Å². The minimum absolute atomic E-state index is 0.246. The van der Waals surface area contributed by atoms with Gasteiger partial charge in [-0.2, -0.15) is 0 Å². The smallest absolute Gasteiger partial charge is 0.317 e. The van der Waals surface area contributed by atoms with E-state index < -0.39 is 11.6 Å². The number of nitrogens with one attached hydrogen (secondary N) is 1. The number of urea groups is 1. The van der Waals surface area contributed by atoms with Crippen molar-refractivity contribution < 1.29 is 13.6 Å². The zero-order valence-electron chi connectivity index (χ0n) is 10.1. The highest BCUT2D eigenvalue weighted by Gasteiger charge is 2.17. The predicted molar refractivity (Wildman–Crippen MR) is 61.6 cm³/mol. The molecule has 0 aromatic heterocycles. The SMILES string of the molecule is CCNC(=O)N(C)C(C)c1ccc(F)c(F)c1. The van der Waals surface area contributed by atoms with Gasteiger partial charge in [0.25, 0.3) is 0 Å². The largest absolute Gasteiger partial charge is 0.338 e. The second kappa shape index (κ2) is 5.61. The standard InChI is InChI=1S/C12H16F2N2O/c1-4-15-12(17)16(3)8(2)9-5-6-10(13)11(14)7-9/h5-8H,4H2,1-3H3,(H,15,17). The van der Waals surface area contributed by atoms with Crippen LogP contribution in [0.1, 0.15) is 25.5 Å². The lowest BCUT2D eigenvalue weighted by atomic mass is 10.1. The van der Waals surface area contributed by atoms with E-state index in [4.69, 9.17) is 0 Å². The average molecular weight is 242 g/mol. The highest BCUT2D eigenvalue weighted by molar-refractivity contribution is 5.74. The molecule has 17 heavy (non-hydrogen) atoms. The molecule has 1 aromatic carbocycles. The first-order valence-corrected chi connectivity index (χ1v) is 5.43. The molecule has 0 saturated heterocycles. The molecule has 1 rings (SSSR count). The van der Waals surface area contributed by atoms with Crippen molar-refractivity contribution in [2.75, 3.05) is 13.6 Å². The average Bonchev–Trinajstić information content (AvgIpc) is 2.31. The van der Waals surface area contributed by atoms with E-state index in [-0.39, 0.29) is 12.1 Å². The number of nitrogens with zero attached hydrogens (tertiary/aromatic N) is 1. The Hall–Kier alpha value is -1.65. The van der Waals surface area contributed by atoms with E-state index >= 15 is 0 Å². The second-order valence-electron chi connectivity index (χ2n) is 3.80. The third kappa shape index (κ3) is 3.15. The molecule has 1 aromatic rings. The summed E-state index contributed by atoms with van der Waals surface area (Å²) in [6, 6.07) is 3.07. The van der Waals surface area contributed by atoms with E-state index in [0.717, 1.165) is 12.1 Å². The van der Waals surface area contributed by atoms with Crippen molar-refractivity contribution >= 4 is 6.03 Å². The van der Waals surface area contributed by atoms with Crippen LogP contribution < -0.4 is 5.32 Å². The number of carbonyl (C=O) groups is 1. The van der Waals surface area contributed by atoms with E-state index in [0.29, 0.717) is 12.1 Å². The molecule has 0 spiro atoms. The molecule has 0 bridgehead atoms. The molecule has 5 heteroatoms. The van der Waals surface area contributed by atoms with Crippen LogP contribution >= 0.6 is 0 Å². The van der Waals surface area contributed by atoms with Gasteiger partial charge in [0.15, 0.2) is 11.6 Å². The van der Waals surface area contributed by atoms with Crippen LogP contribution in [0.2, 0.25) is 0 Å². The molecule has 0 saturated carbocycles. The zero-order chi connectivity index (χ0) is 13.0. The van der Waals surface area contributed by atoms with Crippen molar-refractivity contribution in [3.05, 3.63) is 35.4 Å². The minimum atomic E-state index is -0.904. The normalized spacial score (nSPS) is 12.1. The first-order valence-electron chi connectivity index (χ1n) is 5.43. The van der Waals surface area contributed by atoms with Gasteiger partial charge in [-0.3, -0.25) is 0 Å². The van der Waals surface area contributed by atoms with Gasteiger partial charge in [-0.05, 0) is 31.5 Å². The Morgan fingerprint density at radius 1 is 1.41 bits per heavy atom. The van der Waals surface area contributed by atoms with E-state index in [1.807, 2.05) is 6.92 Å². The fourth-order valence-electron chi connectivity index (χ4n) is 1.45. The van der Waals surface area contributed by atoms with Gasteiger partial charge in [-0.25, -0.2) is 13.6 Å². The third-order valence-electron chi connectivity index (χ3n) is 2.66. The summed E-state index contributed by atoms with van der Waals surface area (Å²) in [5.41, 5.74) is 0.553. The van der Waals surface area contributed by atoms with Crippen molar-refractivity contribution in [2.45, 2.75) is 19.9 Å². The Morgan fingerprint density at radius 3 is 2.59 bits per heavy atom. The van der Waals surface area contributed by atoms with Gasteiger partial charge >= 0.3 is 6.03 Å². The maximum absolute atomic E-state index is 13.1. The van der Waals surface area contributed by atoms with Gasteiger partial charge in [0.1, 0.15) is 0 Å². The summed E-state index contributed by atoms with van der Waals surface area (Å²) in [7, 11) is 1.61. The van der Waals surface area contributed by atoms with Crippen molar-refractivity contribution in [2.24, 2.45) is 0 Å². The van der Waals surface area contributed by atoms with E-state index in [1.54, 1.807) is 14.0 Å². The topological polar surface area (TPSA) is 32.3 Å². The van der Waals surface area contributed by atoms with Gasteiger partial charge in [0.2, 0.25) is 0 Å². The molecule has 0 aliphatic carbocycles. The summed E-state index contributed by atoms with van der Waals surface area (Å²) in [5.74, 6) is -1.79. The van der Waals surface area contributed by atoms with Crippen molar-refractivity contribution in [3.63, 3.8) is 0 Å². The Balaban J connectivity index is 2.84. The molecule has 0 aliphatic heterocycles. The molecule has 1 N–H and O–H groups in total. The number of carbonyl (C=O) groups excluding carboxylic acids is 1. The zero-order valence-corrected chi connectivity index (χ0v) is 10.1. The lowest BCUT2D eigenvalue weighted by Gasteiger charge is -2.25. The molecule has 0 heterocycles. The van der Waals surface area contributed by atoms with Crippen LogP contribution in [0.4, 0.5) is 13.6 Å². The van der Waals surface area contributed by atoms with Crippen LogP contribution in [0.25, 0.3) is 0 Å². The van der Waals surface area contributed by atoms with Crippen molar-refractivity contribution in [1.29, 1.82) is 0 Å². The number of amides is 2. The van der Waals surface area contributed by atoms with Crippen LogP contribution in [0.5, 0.6) is 0 Å². The molecule has 3 nitrogen and oxygen atoms in total. The fourth-order valence-corrected chi connectivity index (χ4v) is 1.45. The first-order chi connectivity index (χ1) is 7.97. The van der Waals surface area contributed by atoms with Crippen LogP contribution in [-0.2, 0) is 0 Å². The number of hydrogen-bond acceptors (Lipinski definition) is 1. The Labute approximate surface area is 99.4 Å². The van der Waals surface area contributed by atoms with Gasteiger partial charge in [-0.1, -0.05) is 6.07 Å². The number of rotatable bonds is 3. The molecule has 1 unspecified atom stereocenters. The van der Waals surface area contributed by atoms with Gasteiger partial charge in [0, 0.05) is 13.6 Å². The summed E-state index contributed by atoms with van der Waals surface area (Å²) in [4.78, 5) is 13.0. The van der Waals surface area contributed by atoms with Crippen molar-refractivity contribution in [1.82, 2.24) is 10.2 Å². The first kappa shape index (κ1) is 13.4. The summed E-state index contributed by atoms with van der Waals surface area (Å²) in [6.45, 7) is 4.09. The maximum atomic E-state index is 13.1. The lowest BCUT2D eigenvalue weighted by molar-refractivity contribution is 0.195. The third-order valence-corrected chi connectivity index (χ3v) is 2.66. The summed E-state index contributed by atoms with van der Waals surface area (Å²) in [5, 5.41) is 2.64. The van der Waals surface area contributed by atoms with E-state index in [9.17, 15) is 13.6 Å². The number of benzene rings is 1. The number of halogens is 2. The van der Waals surface area contributed by atoms with E-state index in [1.165, 1.54) is 11.0 Å². The fraction of sp³-hybridized carbons (Fsp3) is 0.417. The predicted octanol–water partition coefficient (Wildman–Crippen LogP) is 2.69. The van der Waals surface area contributed by atoms with Crippen molar-refractivity contribution in [3.8, 4) is 0 Å². The maximum Gasteiger partial charge on any atom is 0.317 e. The molecular formula is C12H16F2N2O. The highest BCUT2D eigenvalue weighted by Crippen LogP contribution is 2.20. The summed E-state index contributed by atoms with van der Waals surface area (Å²) >= 11 is 0. The van der Waals surface area contributed by atoms with Gasteiger partial charge < -0.3 is 10.2 Å². The lowest BCUT2D eigenvalue weighted by Crippen LogP contribution is -2.38. The molecule has 0 aliphatic rings. The summed E-state index contributed by atoms with van der Waals surface area (Å²) in [6.07, 6.45) is 0. The summed E-state index contributed by atoms with van der Waals surface area (Å²) < 4.78 is 25.8. The number of hydrogen-bond donors (Lipinski definition) is 1. The highest BCUT2D eigenvalue weighted by atomic mass is 19.2. The molecule has 94 valence electrons. The second-order valence-corrected chi connectivity index (χ2v) is 3.80. The van der Waals surface area contributed by atoms with Gasteiger partial charge in [-0.15, -0.1) is 0 Å². The quantitative estimate of drug-likeness (QED) is 0.868. The Bertz CT molecular complexity index is 409. The van der Waals surface area contributed by atoms with Crippen LogP contribution in [0.3, 0.4) is 0 Å². The Morgan fingerprint density at radius 2 is 2.06 bits per heavy atom. The molecule has 0 fully saturated rings.